The van der Waals surface area contributed by atoms with E-state index in [1.807, 2.05) is 0 Å². The molecule has 17 heteroatoms. The van der Waals surface area contributed by atoms with Crippen molar-refractivity contribution in [3.05, 3.63) is 35.4 Å². The van der Waals surface area contributed by atoms with Gasteiger partial charge in [0.25, 0.3) is 0 Å². The molecular formula is C33H44O17. The van der Waals surface area contributed by atoms with Crippen molar-refractivity contribution in [3.8, 4) is 34.5 Å². The molecule has 4 saturated heterocycles. The molecule has 0 spiro atoms. The highest BCUT2D eigenvalue weighted by Crippen LogP contribution is 2.54. The largest absolute Gasteiger partial charge is 0.502 e. The van der Waals surface area contributed by atoms with Crippen molar-refractivity contribution in [2.45, 2.75) is 60.9 Å². The third kappa shape index (κ3) is 6.41. The SMILES string of the molecule is COc1cc([C@H]2OC[C@H]3[C@H]2CO[C@H]3c2cc(OC)c(O[C@@H]3O[C@H](CO)[C@@H](O)[C@H](O)[C@H]3O[C@@H]3OC[C@](O)(CO)[C@@H]3O)c(OC)c2)cc(OC)c1O. The maximum Gasteiger partial charge on any atom is 0.230 e. The molecular weight excluding hydrogens is 668 g/mol. The molecule has 2 aromatic carbocycles. The number of benzene rings is 2. The summed E-state index contributed by atoms with van der Waals surface area (Å²) in [5.74, 6) is 0.665. The molecule has 0 saturated carbocycles. The Balaban J connectivity index is 1.26. The summed E-state index contributed by atoms with van der Waals surface area (Å²) in [6.45, 7) is -1.24. The van der Waals surface area contributed by atoms with E-state index in [1.54, 1.807) is 24.3 Å². The van der Waals surface area contributed by atoms with E-state index in [0.717, 1.165) is 5.56 Å². The van der Waals surface area contributed by atoms with Gasteiger partial charge in [-0.25, -0.2) is 0 Å². The second kappa shape index (κ2) is 14.8. The number of hydrogen-bond donors (Lipinski definition) is 7. The van der Waals surface area contributed by atoms with Crippen molar-refractivity contribution in [2.75, 3.05) is 61.5 Å². The minimum atomic E-state index is -2.02. The molecule has 4 aliphatic rings. The monoisotopic (exact) mass is 712 g/mol. The lowest BCUT2D eigenvalue weighted by Gasteiger charge is -2.42. The van der Waals surface area contributed by atoms with Crippen LogP contribution in [0.3, 0.4) is 0 Å². The number of phenolic OH excluding ortho intramolecular Hbond substituents is 1. The predicted octanol–water partition coefficient (Wildman–Crippen LogP) is -0.855. The van der Waals surface area contributed by atoms with Crippen LogP contribution < -0.4 is 23.7 Å². The Morgan fingerprint density at radius 3 is 1.72 bits per heavy atom. The van der Waals surface area contributed by atoms with Crippen LogP contribution in [0.2, 0.25) is 0 Å². The van der Waals surface area contributed by atoms with Gasteiger partial charge in [0.05, 0.1) is 73.7 Å². The van der Waals surface area contributed by atoms with E-state index < -0.39 is 74.6 Å². The highest BCUT2D eigenvalue weighted by Gasteiger charge is 2.54. The molecule has 17 nitrogen and oxygen atoms in total. The lowest BCUT2D eigenvalue weighted by atomic mass is 9.84. The molecule has 50 heavy (non-hydrogen) atoms. The normalized spacial score (nSPS) is 36.6. The molecule has 0 radical (unpaired) electrons. The standard InChI is InChI=1S/C33H44O17/c1-41-18-5-14(6-19(42-2)23(18)36)26-16-10-46-27(17(16)11-45-26)15-7-20(43-3)28(21(8-15)44-4)49-31-29(25(38)24(37)22(9-34)48-31)50-32-30(39)33(40,12-35)13-47-32/h5-8,16-17,22,24-27,29-32,34-40H,9-13H2,1-4H3/t16-,17+,22-,24-,25+,26-,27+,29-,30-,31+,32+,33-/m1/s1. The Kier molecular flexibility index (Phi) is 10.8. The van der Waals surface area contributed by atoms with Gasteiger partial charge in [-0.05, 0) is 35.4 Å². The molecule has 0 amide bonds. The second-order valence-electron chi connectivity index (χ2n) is 12.7. The zero-order valence-corrected chi connectivity index (χ0v) is 27.9. The number of fused-ring (bicyclic) bond motifs is 1. The van der Waals surface area contributed by atoms with Gasteiger partial charge in [-0.3, -0.25) is 0 Å². The molecule has 0 unspecified atom stereocenters. The smallest absolute Gasteiger partial charge is 0.230 e. The fourth-order valence-electron chi connectivity index (χ4n) is 6.97. The molecule has 0 bridgehead atoms. The summed E-state index contributed by atoms with van der Waals surface area (Å²) in [5.41, 5.74) is -0.567. The lowest BCUT2D eigenvalue weighted by Crippen LogP contribution is -2.62. The minimum Gasteiger partial charge on any atom is -0.502 e. The Morgan fingerprint density at radius 2 is 1.26 bits per heavy atom. The van der Waals surface area contributed by atoms with Gasteiger partial charge < -0.3 is 83.1 Å². The number of methoxy groups -OCH3 is 4. The Hall–Kier alpha value is -3.20. The van der Waals surface area contributed by atoms with E-state index in [-0.39, 0.29) is 52.4 Å². The van der Waals surface area contributed by atoms with Crippen LogP contribution in [0, 0.1) is 11.8 Å². The van der Waals surface area contributed by atoms with Crippen LogP contribution in [-0.4, -0.2) is 146 Å². The second-order valence-corrected chi connectivity index (χ2v) is 12.7. The van der Waals surface area contributed by atoms with Gasteiger partial charge in [0.1, 0.15) is 30.0 Å². The predicted molar refractivity (Wildman–Crippen MR) is 166 cm³/mol. The number of aromatic hydroxyl groups is 1. The average molecular weight is 713 g/mol. The average Bonchev–Trinajstić information content (AvgIpc) is 3.82. The fraction of sp³-hybridized carbons (Fsp3) is 0.636. The lowest BCUT2D eigenvalue weighted by molar-refractivity contribution is -0.319. The van der Waals surface area contributed by atoms with E-state index in [9.17, 15) is 35.7 Å². The van der Waals surface area contributed by atoms with Gasteiger partial charge in [0.2, 0.25) is 17.8 Å². The van der Waals surface area contributed by atoms with Crippen LogP contribution in [0.15, 0.2) is 24.3 Å². The minimum absolute atomic E-state index is 0.0239. The van der Waals surface area contributed by atoms with Crippen molar-refractivity contribution in [3.63, 3.8) is 0 Å². The summed E-state index contributed by atoms with van der Waals surface area (Å²) in [6, 6.07) is 6.82. The molecule has 4 fully saturated rings. The van der Waals surface area contributed by atoms with E-state index in [4.69, 9.17) is 47.4 Å². The highest BCUT2D eigenvalue weighted by atomic mass is 16.8. The first-order valence-corrected chi connectivity index (χ1v) is 16.0. The summed E-state index contributed by atoms with van der Waals surface area (Å²) in [6.07, 6.45) is -11.8. The van der Waals surface area contributed by atoms with Gasteiger partial charge in [-0.15, -0.1) is 0 Å². The van der Waals surface area contributed by atoms with Crippen molar-refractivity contribution in [2.24, 2.45) is 11.8 Å². The van der Waals surface area contributed by atoms with Gasteiger partial charge >= 0.3 is 0 Å². The van der Waals surface area contributed by atoms with Crippen LogP contribution >= 0.6 is 0 Å². The molecule has 6 rings (SSSR count). The summed E-state index contributed by atoms with van der Waals surface area (Å²) in [7, 11) is 5.73. The number of phenols is 1. The van der Waals surface area contributed by atoms with Crippen molar-refractivity contribution < 1.29 is 83.1 Å². The van der Waals surface area contributed by atoms with E-state index in [2.05, 4.69) is 0 Å². The number of aliphatic hydroxyl groups excluding tert-OH is 5. The molecule has 7 N–H and O–H groups in total. The van der Waals surface area contributed by atoms with Gasteiger partial charge in [0.15, 0.2) is 35.4 Å². The summed E-state index contributed by atoms with van der Waals surface area (Å²) >= 11 is 0. The summed E-state index contributed by atoms with van der Waals surface area (Å²) in [5, 5.41) is 72.4. The molecule has 4 heterocycles. The van der Waals surface area contributed by atoms with Gasteiger partial charge in [-0.2, -0.15) is 0 Å². The molecule has 2 aromatic rings. The summed E-state index contributed by atoms with van der Waals surface area (Å²) in [4.78, 5) is 0. The number of rotatable bonds is 12. The number of ether oxygens (including phenoxy) is 10. The van der Waals surface area contributed by atoms with Crippen LogP contribution in [0.25, 0.3) is 0 Å². The maximum atomic E-state index is 11.0. The zero-order chi connectivity index (χ0) is 35.9. The van der Waals surface area contributed by atoms with Crippen LogP contribution in [0.5, 0.6) is 34.5 Å². The molecule has 0 aromatic heterocycles. The fourth-order valence-corrected chi connectivity index (χ4v) is 6.97. The van der Waals surface area contributed by atoms with Gasteiger partial charge in [-0.1, -0.05) is 0 Å². The van der Waals surface area contributed by atoms with Crippen molar-refractivity contribution in [1.29, 1.82) is 0 Å². The first-order chi connectivity index (χ1) is 24.0. The quantitative estimate of drug-likeness (QED) is 0.142. The Labute approximate surface area is 287 Å². The number of aliphatic hydroxyl groups is 6. The van der Waals surface area contributed by atoms with Crippen LogP contribution in [0.4, 0.5) is 0 Å². The highest BCUT2D eigenvalue weighted by molar-refractivity contribution is 5.55. The first kappa shape index (κ1) is 36.6. The van der Waals surface area contributed by atoms with E-state index in [0.29, 0.717) is 18.8 Å². The Morgan fingerprint density at radius 1 is 0.740 bits per heavy atom. The molecule has 12 atom stereocenters. The maximum absolute atomic E-state index is 11.0. The van der Waals surface area contributed by atoms with Gasteiger partial charge in [0, 0.05) is 11.8 Å². The third-order valence-corrected chi connectivity index (χ3v) is 9.84. The number of hydrogen-bond acceptors (Lipinski definition) is 17. The zero-order valence-electron chi connectivity index (χ0n) is 27.9. The molecule has 4 aliphatic heterocycles. The molecule has 0 aliphatic carbocycles. The Bertz CT molecular complexity index is 1440. The topological polar surface area (TPSA) is 234 Å². The third-order valence-electron chi connectivity index (χ3n) is 9.84. The van der Waals surface area contributed by atoms with Crippen LogP contribution in [0.1, 0.15) is 23.3 Å². The van der Waals surface area contributed by atoms with E-state index >= 15 is 0 Å². The van der Waals surface area contributed by atoms with Crippen molar-refractivity contribution >= 4 is 0 Å². The summed E-state index contributed by atoms with van der Waals surface area (Å²) < 4.78 is 57.7. The van der Waals surface area contributed by atoms with Crippen LogP contribution in [-0.2, 0) is 23.7 Å². The van der Waals surface area contributed by atoms with E-state index in [1.165, 1.54) is 28.4 Å². The first-order valence-electron chi connectivity index (χ1n) is 16.0. The molecule has 278 valence electrons. The van der Waals surface area contributed by atoms with Crippen molar-refractivity contribution in [1.82, 2.24) is 0 Å².